The van der Waals surface area contributed by atoms with Gasteiger partial charge < -0.3 is 9.80 Å². The molecule has 1 fully saturated rings. The second-order valence-electron chi connectivity index (χ2n) is 8.16. The topological polar surface area (TPSA) is 81.2 Å². The van der Waals surface area contributed by atoms with E-state index in [-0.39, 0.29) is 11.2 Å². The molecule has 1 aromatic carbocycles. The Morgan fingerprint density at radius 2 is 1.61 bits per heavy atom. The van der Waals surface area contributed by atoms with E-state index in [0.29, 0.717) is 23.7 Å². The van der Waals surface area contributed by atoms with Gasteiger partial charge in [-0.25, -0.2) is 9.78 Å². The lowest BCUT2D eigenvalue weighted by Crippen LogP contribution is -2.47. The molecule has 0 bridgehead atoms. The van der Waals surface area contributed by atoms with Gasteiger partial charge in [-0.15, -0.1) is 0 Å². The molecule has 1 saturated heterocycles. The summed E-state index contributed by atoms with van der Waals surface area (Å²) in [7, 11) is 3.16. The first kappa shape index (κ1) is 21.4. The fraction of sp³-hybridized carbons (Fsp3) is 0.304. The number of rotatable bonds is 4. The van der Waals surface area contributed by atoms with Crippen molar-refractivity contribution in [1.82, 2.24) is 23.7 Å². The van der Waals surface area contributed by atoms with Gasteiger partial charge in [0.05, 0.1) is 6.54 Å². The van der Waals surface area contributed by atoms with E-state index in [0.717, 1.165) is 46.6 Å². The first-order valence-electron chi connectivity index (χ1n) is 10.8. The van der Waals surface area contributed by atoms with Gasteiger partial charge in [0.25, 0.3) is 5.56 Å². The lowest BCUT2D eigenvalue weighted by atomic mass is 10.2. The van der Waals surface area contributed by atoms with Crippen LogP contribution in [-0.4, -0.2) is 49.8 Å². The first-order chi connectivity index (χ1) is 15.9. The molecule has 10 heteroatoms. The van der Waals surface area contributed by atoms with Gasteiger partial charge in [-0.2, -0.15) is 4.98 Å². The molecule has 0 unspecified atom stereocenters. The number of pyridine rings is 1. The van der Waals surface area contributed by atoms with Gasteiger partial charge >= 0.3 is 5.69 Å². The normalized spacial score (nSPS) is 14.3. The summed E-state index contributed by atoms with van der Waals surface area (Å²) in [5, 5.41) is 0. The largest absolute Gasteiger partial charge is 0.353 e. The number of imidazole rings is 1. The summed E-state index contributed by atoms with van der Waals surface area (Å²) in [4.78, 5) is 39.4. The summed E-state index contributed by atoms with van der Waals surface area (Å²) >= 11 is 3.48. The Bertz CT molecular complexity index is 1420. The van der Waals surface area contributed by atoms with Crippen LogP contribution in [0.1, 0.15) is 5.56 Å². The molecule has 0 saturated carbocycles. The van der Waals surface area contributed by atoms with E-state index in [1.807, 2.05) is 47.0 Å². The van der Waals surface area contributed by atoms with Crippen molar-refractivity contribution in [2.24, 2.45) is 14.1 Å². The Hall–Kier alpha value is -3.40. The van der Waals surface area contributed by atoms with Crippen molar-refractivity contribution in [3.63, 3.8) is 0 Å². The molecule has 0 amide bonds. The molecule has 0 aliphatic carbocycles. The predicted octanol–water partition coefficient (Wildman–Crippen LogP) is 1.97. The van der Waals surface area contributed by atoms with E-state index in [1.54, 1.807) is 13.2 Å². The zero-order chi connectivity index (χ0) is 23.1. The lowest BCUT2D eigenvalue weighted by Gasteiger charge is -2.36. The Morgan fingerprint density at radius 3 is 2.27 bits per heavy atom. The van der Waals surface area contributed by atoms with Crippen molar-refractivity contribution in [2.45, 2.75) is 6.54 Å². The molecular weight excluding hydrogens is 486 g/mol. The molecule has 0 spiro atoms. The molecule has 5 rings (SSSR count). The van der Waals surface area contributed by atoms with Crippen LogP contribution in [0.2, 0.25) is 0 Å². The van der Waals surface area contributed by atoms with Crippen LogP contribution < -0.4 is 21.0 Å². The average molecular weight is 510 g/mol. The van der Waals surface area contributed by atoms with Crippen molar-refractivity contribution in [3.05, 3.63) is 79.5 Å². The van der Waals surface area contributed by atoms with Gasteiger partial charge in [-0.05, 0) is 29.8 Å². The Balaban J connectivity index is 1.57. The van der Waals surface area contributed by atoms with Crippen LogP contribution in [0.25, 0.3) is 11.2 Å². The minimum atomic E-state index is -0.382. The maximum atomic E-state index is 13.1. The standard InChI is InChI=1S/C23H24BrN7O2/c1-27-20-19(21(32)28(2)23(27)33)31(15-16-6-8-17(24)9-7-16)22(26-20)30-13-11-29(12-14-30)18-5-3-4-10-25-18/h3-10H,11-15H2,1-2H3. The fourth-order valence-electron chi connectivity index (χ4n) is 4.27. The number of fused-ring (bicyclic) bond motifs is 1. The third kappa shape index (κ3) is 3.84. The van der Waals surface area contributed by atoms with Crippen LogP contribution in [0.4, 0.5) is 11.8 Å². The van der Waals surface area contributed by atoms with Gasteiger partial charge in [0, 0.05) is 50.9 Å². The third-order valence-corrected chi connectivity index (χ3v) is 6.65. The van der Waals surface area contributed by atoms with Gasteiger partial charge in [0.2, 0.25) is 5.95 Å². The lowest BCUT2D eigenvalue weighted by molar-refractivity contribution is 0.620. The first-order valence-corrected chi connectivity index (χ1v) is 11.5. The van der Waals surface area contributed by atoms with Crippen molar-refractivity contribution >= 4 is 38.9 Å². The number of aromatic nitrogens is 5. The summed E-state index contributed by atoms with van der Waals surface area (Å²) in [6, 6.07) is 13.9. The SMILES string of the molecule is Cn1c(=O)c2c(nc(N3CCN(c4ccccn4)CC3)n2Cc2ccc(Br)cc2)n(C)c1=O. The molecule has 9 nitrogen and oxygen atoms in total. The van der Waals surface area contributed by atoms with Crippen molar-refractivity contribution < 1.29 is 0 Å². The molecule has 33 heavy (non-hydrogen) atoms. The van der Waals surface area contributed by atoms with E-state index in [4.69, 9.17) is 4.98 Å². The molecular formula is C23H24BrN7O2. The fourth-order valence-corrected chi connectivity index (χ4v) is 4.54. The monoisotopic (exact) mass is 509 g/mol. The highest BCUT2D eigenvalue weighted by Crippen LogP contribution is 2.24. The third-order valence-electron chi connectivity index (χ3n) is 6.12. The number of hydrogen-bond donors (Lipinski definition) is 0. The molecule has 170 valence electrons. The van der Waals surface area contributed by atoms with Crippen LogP contribution in [0, 0.1) is 0 Å². The zero-order valence-electron chi connectivity index (χ0n) is 18.5. The van der Waals surface area contributed by atoms with E-state index in [9.17, 15) is 9.59 Å². The summed E-state index contributed by atoms with van der Waals surface area (Å²) in [5.74, 6) is 1.66. The van der Waals surface area contributed by atoms with E-state index >= 15 is 0 Å². The summed E-state index contributed by atoms with van der Waals surface area (Å²) in [5.41, 5.74) is 1.16. The molecule has 1 aliphatic heterocycles. The molecule has 4 aromatic rings. The summed E-state index contributed by atoms with van der Waals surface area (Å²) < 4.78 is 5.52. The second-order valence-corrected chi connectivity index (χ2v) is 9.08. The van der Waals surface area contributed by atoms with Crippen LogP contribution in [0.15, 0.2) is 62.7 Å². The van der Waals surface area contributed by atoms with Crippen LogP contribution >= 0.6 is 15.9 Å². The Labute approximate surface area is 198 Å². The summed E-state index contributed by atoms with van der Waals surface area (Å²) in [6.07, 6.45) is 1.80. The average Bonchev–Trinajstić information content (AvgIpc) is 3.22. The minimum absolute atomic E-state index is 0.337. The van der Waals surface area contributed by atoms with Crippen LogP contribution in [0.5, 0.6) is 0 Å². The van der Waals surface area contributed by atoms with Gasteiger partial charge in [0.1, 0.15) is 5.82 Å². The number of hydrogen-bond acceptors (Lipinski definition) is 6. The molecule has 4 heterocycles. The van der Waals surface area contributed by atoms with Gasteiger partial charge in [-0.3, -0.25) is 18.5 Å². The highest BCUT2D eigenvalue weighted by molar-refractivity contribution is 9.10. The highest BCUT2D eigenvalue weighted by atomic mass is 79.9. The van der Waals surface area contributed by atoms with Crippen molar-refractivity contribution in [2.75, 3.05) is 36.0 Å². The number of benzene rings is 1. The molecule has 0 atom stereocenters. The summed E-state index contributed by atoms with van der Waals surface area (Å²) in [6.45, 7) is 3.51. The molecule has 1 aliphatic rings. The Morgan fingerprint density at radius 1 is 0.909 bits per heavy atom. The highest BCUT2D eigenvalue weighted by Gasteiger charge is 2.26. The smallest absolute Gasteiger partial charge is 0.332 e. The van der Waals surface area contributed by atoms with Crippen LogP contribution in [0.3, 0.4) is 0 Å². The zero-order valence-corrected chi connectivity index (χ0v) is 20.1. The van der Waals surface area contributed by atoms with E-state index in [2.05, 4.69) is 30.7 Å². The predicted molar refractivity (Wildman–Crippen MR) is 132 cm³/mol. The molecule has 0 radical (unpaired) electrons. The van der Waals surface area contributed by atoms with Crippen molar-refractivity contribution in [1.29, 1.82) is 0 Å². The quantitative estimate of drug-likeness (QED) is 0.418. The number of aryl methyl sites for hydroxylation is 1. The Kier molecular flexibility index (Phi) is 5.53. The number of piperazine rings is 1. The number of nitrogens with zero attached hydrogens (tertiary/aromatic N) is 7. The van der Waals surface area contributed by atoms with Gasteiger partial charge in [0.15, 0.2) is 11.2 Å². The second kappa shape index (κ2) is 8.51. The van der Waals surface area contributed by atoms with E-state index < -0.39 is 0 Å². The van der Waals surface area contributed by atoms with Crippen LogP contribution in [-0.2, 0) is 20.6 Å². The van der Waals surface area contributed by atoms with E-state index in [1.165, 1.54) is 11.6 Å². The minimum Gasteiger partial charge on any atom is -0.353 e. The number of halogens is 1. The van der Waals surface area contributed by atoms with Crippen molar-refractivity contribution in [3.8, 4) is 0 Å². The molecule has 0 N–H and O–H groups in total. The maximum absolute atomic E-state index is 13.1. The maximum Gasteiger partial charge on any atom is 0.332 e. The van der Waals surface area contributed by atoms with Gasteiger partial charge in [-0.1, -0.05) is 34.1 Å². The molecule has 3 aromatic heterocycles. The number of anilines is 2.